The van der Waals surface area contributed by atoms with Gasteiger partial charge in [-0.05, 0) is 30.7 Å². The van der Waals surface area contributed by atoms with E-state index in [-0.39, 0.29) is 23.3 Å². The van der Waals surface area contributed by atoms with Gasteiger partial charge in [-0.1, -0.05) is 72.8 Å². The molecule has 0 aromatic heterocycles. The number of hydrogen-bond donors (Lipinski definition) is 1. The molecule has 1 aliphatic rings. The number of hydrogen-bond acceptors (Lipinski definition) is 4. The van der Waals surface area contributed by atoms with Gasteiger partial charge in [0.15, 0.2) is 5.78 Å². The van der Waals surface area contributed by atoms with Crippen molar-refractivity contribution in [2.45, 2.75) is 24.3 Å². The van der Waals surface area contributed by atoms with Gasteiger partial charge in [0, 0.05) is 29.2 Å². The molecule has 39 heavy (non-hydrogen) atoms. The van der Waals surface area contributed by atoms with Crippen LogP contribution in [0.3, 0.4) is 0 Å². The Labute approximate surface area is 224 Å². The number of aliphatic carboxylic acids is 1. The van der Waals surface area contributed by atoms with Gasteiger partial charge in [-0.3, -0.25) is 9.79 Å². The molecule has 0 saturated carbocycles. The van der Waals surface area contributed by atoms with E-state index in [2.05, 4.69) is 11.6 Å². The number of Topliss-reactive ketones (excluding diaryl/α,β-unsaturated/α-hetero) is 1. The normalized spacial score (nSPS) is 20.6. The van der Waals surface area contributed by atoms with Gasteiger partial charge in [0.1, 0.15) is 22.9 Å². The van der Waals surface area contributed by atoms with Crippen LogP contribution in [0.4, 0.5) is 8.78 Å². The molecule has 0 amide bonds. The molecule has 0 radical (unpaired) electrons. The zero-order valence-corrected chi connectivity index (χ0v) is 21.1. The second-order valence-electron chi connectivity index (χ2n) is 9.27. The minimum Gasteiger partial charge on any atom is -0.477 e. The van der Waals surface area contributed by atoms with E-state index in [4.69, 9.17) is 0 Å². The predicted molar refractivity (Wildman–Crippen MR) is 145 cm³/mol. The van der Waals surface area contributed by atoms with Crippen molar-refractivity contribution < 1.29 is 23.5 Å². The van der Waals surface area contributed by atoms with E-state index in [1.165, 1.54) is 12.1 Å². The molecule has 3 aromatic carbocycles. The summed E-state index contributed by atoms with van der Waals surface area (Å²) in [6, 6.07) is 20.0. The fourth-order valence-electron chi connectivity index (χ4n) is 4.69. The third-order valence-electron chi connectivity index (χ3n) is 6.69. The molecule has 0 heterocycles. The highest BCUT2D eigenvalue weighted by atomic mass is 19.1. The highest BCUT2D eigenvalue weighted by Gasteiger charge is 2.43. The number of allylic oxidation sites excluding steroid dienone is 3. The van der Waals surface area contributed by atoms with Gasteiger partial charge in [-0.15, -0.1) is 6.58 Å². The van der Waals surface area contributed by atoms with Crippen molar-refractivity contribution in [3.63, 3.8) is 0 Å². The number of carboxylic acid groups (broad SMARTS) is 1. The highest BCUT2D eigenvalue weighted by molar-refractivity contribution is 6.36. The van der Waals surface area contributed by atoms with Crippen molar-refractivity contribution in [2.24, 2.45) is 4.99 Å². The Hall–Kier alpha value is -4.96. The molecular formula is C32H24F2N2O3. The zero-order chi connectivity index (χ0) is 28.2. The number of aliphatic imine (C=N–C) groups is 1. The van der Waals surface area contributed by atoms with Crippen LogP contribution in [0.2, 0.25) is 0 Å². The minimum absolute atomic E-state index is 0.0427. The van der Waals surface area contributed by atoms with E-state index >= 15 is 4.39 Å². The Morgan fingerprint density at radius 1 is 1.05 bits per heavy atom. The molecular weight excluding hydrogens is 498 g/mol. The maximum absolute atomic E-state index is 15.4. The molecule has 1 N–H and O–H groups in total. The van der Waals surface area contributed by atoms with Crippen molar-refractivity contribution in [1.29, 1.82) is 5.26 Å². The summed E-state index contributed by atoms with van der Waals surface area (Å²) in [5, 5.41) is 19.0. The van der Waals surface area contributed by atoms with Crippen LogP contribution in [0.25, 0.3) is 0 Å². The largest absolute Gasteiger partial charge is 0.477 e. The Morgan fingerprint density at radius 3 is 2.33 bits per heavy atom. The third kappa shape index (κ3) is 5.23. The molecule has 4 rings (SSSR count). The number of nitriles is 1. The first kappa shape index (κ1) is 27.1. The fraction of sp³-hybridized carbons (Fsp3) is 0.125. The molecule has 3 aromatic rings. The van der Waals surface area contributed by atoms with Crippen molar-refractivity contribution in [3.05, 3.63) is 143 Å². The first-order valence-electron chi connectivity index (χ1n) is 12.1. The van der Waals surface area contributed by atoms with Crippen LogP contribution in [-0.4, -0.2) is 28.1 Å². The van der Waals surface area contributed by atoms with Crippen LogP contribution in [0.1, 0.15) is 40.4 Å². The molecule has 0 saturated heterocycles. The first-order valence-corrected chi connectivity index (χ1v) is 12.1. The quantitative estimate of drug-likeness (QED) is 0.212. The van der Waals surface area contributed by atoms with E-state index < -0.39 is 34.3 Å². The standard InChI is InChI=1S/C32H24F2N2O3/c1-3-7-28(30(38)39)36-31(2)16-17-32(23-12-10-21(20-35)11-13-23,25-15-14-24(33)18-27(25)34)19-26(31)29(37)22-8-5-4-6-9-22/h3-6,8-19H,1,7H2,2H3,(H,38,39). The van der Waals surface area contributed by atoms with Gasteiger partial charge in [-0.2, -0.15) is 5.26 Å². The van der Waals surface area contributed by atoms with E-state index in [1.54, 1.807) is 79.7 Å². The Morgan fingerprint density at radius 2 is 1.74 bits per heavy atom. The molecule has 5 nitrogen and oxygen atoms in total. The Bertz CT molecular complexity index is 1580. The van der Waals surface area contributed by atoms with Gasteiger partial charge in [0.25, 0.3) is 0 Å². The summed E-state index contributed by atoms with van der Waals surface area (Å²) in [6.07, 6.45) is 6.11. The molecule has 2 unspecified atom stereocenters. The summed E-state index contributed by atoms with van der Waals surface area (Å²) in [5.74, 6) is -3.29. The maximum Gasteiger partial charge on any atom is 0.350 e. The van der Waals surface area contributed by atoms with Crippen molar-refractivity contribution in [2.75, 3.05) is 0 Å². The Balaban J connectivity index is 2.06. The van der Waals surface area contributed by atoms with Gasteiger partial charge in [-0.25, -0.2) is 13.6 Å². The third-order valence-corrected chi connectivity index (χ3v) is 6.69. The maximum atomic E-state index is 15.4. The molecule has 2 atom stereocenters. The van der Waals surface area contributed by atoms with Crippen molar-refractivity contribution in [3.8, 4) is 6.07 Å². The lowest BCUT2D eigenvalue weighted by Crippen LogP contribution is -2.38. The van der Waals surface area contributed by atoms with Crippen LogP contribution in [0.15, 0.2) is 114 Å². The van der Waals surface area contributed by atoms with Gasteiger partial charge in [0.2, 0.25) is 0 Å². The van der Waals surface area contributed by atoms with E-state index in [9.17, 15) is 24.3 Å². The van der Waals surface area contributed by atoms with Crippen molar-refractivity contribution in [1.82, 2.24) is 0 Å². The number of carbonyl (C=O) groups excluding carboxylic acids is 1. The van der Waals surface area contributed by atoms with Gasteiger partial charge >= 0.3 is 5.97 Å². The number of nitrogens with zero attached hydrogens (tertiary/aromatic N) is 2. The van der Waals surface area contributed by atoms with Crippen LogP contribution in [0, 0.1) is 23.0 Å². The number of carboxylic acids is 1. The average Bonchev–Trinajstić information content (AvgIpc) is 2.93. The van der Waals surface area contributed by atoms with Crippen LogP contribution in [-0.2, 0) is 10.2 Å². The monoisotopic (exact) mass is 522 g/mol. The fourth-order valence-corrected chi connectivity index (χ4v) is 4.69. The summed E-state index contributed by atoms with van der Waals surface area (Å²) in [7, 11) is 0. The lowest BCUT2D eigenvalue weighted by Gasteiger charge is -2.38. The minimum atomic E-state index is -1.43. The molecule has 0 bridgehead atoms. The lowest BCUT2D eigenvalue weighted by molar-refractivity contribution is -0.129. The lowest BCUT2D eigenvalue weighted by atomic mass is 9.66. The number of halogens is 2. The SMILES string of the molecule is C=CCC(=NC1(C)C=CC(c2ccc(C#N)cc2)(c2ccc(F)cc2F)C=C1C(=O)c1ccccc1)C(=O)O. The van der Waals surface area contributed by atoms with E-state index in [0.717, 1.165) is 12.1 Å². The van der Waals surface area contributed by atoms with Gasteiger partial charge < -0.3 is 5.11 Å². The topological polar surface area (TPSA) is 90.5 Å². The van der Waals surface area contributed by atoms with Gasteiger partial charge in [0.05, 0.1) is 17.0 Å². The van der Waals surface area contributed by atoms with Crippen LogP contribution >= 0.6 is 0 Å². The van der Waals surface area contributed by atoms with E-state index in [0.29, 0.717) is 16.7 Å². The molecule has 194 valence electrons. The second kappa shape index (κ2) is 10.8. The summed E-state index contributed by atoms with van der Waals surface area (Å²) in [6.45, 7) is 5.20. The molecule has 7 heteroatoms. The summed E-state index contributed by atoms with van der Waals surface area (Å²) < 4.78 is 29.4. The summed E-state index contributed by atoms with van der Waals surface area (Å²) in [5.41, 5.74) is -1.65. The molecule has 0 aliphatic heterocycles. The number of ketones is 1. The van der Waals surface area contributed by atoms with Crippen molar-refractivity contribution >= 4 is 17.5 Å². The number of benzene rings is 3. The van der Waals surface area contributed by atoms with Crippen LogP contribution < -0.4 is 0 Å². The number of rotatable bonds is 8. The predicted octanol–water partition coefficient (Wildman–Crippen LogP) is 6.36. The van der Waals surface area contributed by atoms with Crippen LogP contribution in [0.5, 0.6) is 0 Å². The highest BCUT2D eigenvalue weighted by Crippen LogP contribution is 2.45. The average molecular weight is 523 g/mol. The Kier molecular flexibility index (Phi) is 7.50. The summed E-state index contributed by atoms with van der Waals surface area (Å²) in [4.78, 5) is 30.4. The first-order chi connectivity index (χ1) is 18.6. The van der Waals surface area contributed by atoms with E-state index in [1.807, 2.05) is 6.07 Å². The molecule has 1 aliphatic carbocycles. The zero-order valence-electron chi connectivity index (χ0n) is 21.1. The molecule has 0 fully saturated rings. The second-order valence-corrected chi connectivity index (χ2v) is 9.27. The smallest absolute Gasteiger partial charge is 0.350 e. The summed E-state index contributed by atoms with van der Waals surface area (Å²) >= 11 is 0. The molecule has 0 spiro atoms. The number of carbonyl (C=O) groups is 2.